The summed E-state index contributed by atoms with van der Waals surface area (Å²) < 4.78 is 27.4. The molecule has 6 aromatic rings. The van der Waals surface area contributed by atoms with Crippen LogP contribution in [-0.4, -0.2) is 81.2 Å². The first-order valence-corrected chi connectivity index (χ1v) is 19.2. The molecule has 2 N–H and O–H groups in total. The molecule has 4 aromatic carbocycles. The van der Waals surface area contributed by atoms with E-state index in [1.165, 1.54) is 5.56 Å². The van der Waals surface area contributed by atoms with Crippen molar-refractivity contribution in [1.29, 1.82) is 0 Å². The van der Waals surface area contributed by atoms with E-state index in [0.717, 1.165) is 110 Å². The van der Waals surface area contributed by atoms with E-state index in [4.69, 9.17) is 23.0 Å². The van der Waals surface area contributed by atoms with E-state index >= 15 is 0 Å². The molecule has 2 saturated heterocycles. The van der Waals surface area contributed by atoms with Crippen LogP contribution in [0.5, 0.6) is 17.2 Å². The number of nitrogens with one attached hydrogen (secondary N) is 2. The average Bonchev–Trinajstić information content (AvgIpc) is 3.88. The molecule has 8 rings (SSSR count). The van der Waals surface area contributed by atoms with Gasteiger partial charge in [-0.05, 0) is 73.7 Å². The highest BCUT2D eigenvalue weighted by molar-refractivity contribution is 5.97. The lowest BCUT2D eigenvalue weighted by atomic mass is 10.0. The quantitative estimate of drug-likeness (QED) is 0.137. The van der Waals surface area contributed by atoms with E-state index in [2.05, 4.69) is 32.6 Å². The maximum atomic E-state index is 12.6. The standard InChI is InChI=1S/C23H26N2O4.C22H24N2O3/c1-27-19-8-7-17(21(14-19)28-2)15-25-11-9-18(10-12-25)24-23(26)22-13-16-5-3-4-6-20(16)29-22;1-26-19-7-4-5-16(13-19)15-24-11-9-18(10-12-24)23-22(25)21-14-17-6-2-3-8-20(17)27-21/h3-8,13-14,18H,9-12,15H2,1-2H3,(H,24,26);2-8,13-14,18H,9-12,15H2,1H3,(H,23,25). The van der Waals surface area contributed by atoms with Gasteiger partial charge in [0, 0.05) is 73.8 Å². The first-order valence-electron chi connectivity index (χ1n) is 19.2. The molecule has 0 bridgehead atoms. The van der Waals surface area contributed by atoms with Gasteiger partial charge < -0.3 is 33.7 Å². The number of ether oxygens (including phenoxy) is 3. The predicted octanol–water partition coefficient (Wildman–Crippen LogP) is 7.68. The molecular formula is C45H50N4O7. The van der Waals surface area contributed by atoms with Gasteiger partial charge in [-0.3, -0.25) is 19.4 Å². The lowest BCUT2D eigenvalue weighted by Crippen LogP contribution is -2.44. The van der Waals surface area contributed by atoms with Gasteiger partial charge >= 0.3 is 0 Å². The Bertz CT molecular complexity index is 2160. The molecule has 0 aliphatic carbocycles. The number of hydrogen-bond donors (Lipinski definition) is 2. The van der Waals surface area contributed by atoms with Crippen molar-refractivity contribution in [2.45, 2.75) is 50.9 Å². The van der Waals surface area contributed by atoms with Gasteiger partial charge in [0.05, 0.1) is 21.3 Å². The summed E-state index contributed by atoms with van der Waals surface area (Å²) >= 11 is 0. The van der Waals surface area contributed by atoms with Gasteiger partial charge in [-0.1, -0.05) is 54.6 Å². The van der Waals surface area contributed by atoms with Crippen molar-refractivity contribution in [3.05, 3.63) is 126 Å². The molecule has 11 heteroatoms. The maximum absolute atomic E-state index is 12.6. The number of carbonyl (C=O) groups excluding carboxylic acids is 2. The van der Waals surface area contributed by atoms with Crippen LogP contribution in [0, 0.1) is 0 Å². The maximum Gasteiger partial charge on any atom is 0.287 e. The summed E-state index contributed by atoms with van der Waals surface area (Å²) in [4.78, 5) is 29.8. The Hall–Kier alpha value is -5.78. The van der Waals surface area contributed by atoms with Gasteiger partial charge in [0.15, 0.2) is 11.5 Å². The number of amides is 2. The average molecular weight is 759 g/mol. The second-order valence-corrected chi connectivity index (χ2v) is 14.4. The number of hydrogen-bond acceptors (Lipinski definition) is 9. The van der Waals surface area contributed by atoms with Gasteiger partial charge in [0.1, 0.15) is 28.4 Å². The Morgan fingerprint density at radius 3 is 1.62 bits per heavy atom. The van der Waals surface area contributed by atoms with Gasteiger partial charge in [-0.25, -0.2) is 0 Å². The molecule has 292 valence electrons. The normalized spacial score (nSPS) is 15.6. The molecule has 56 heavy (non-hydrogen) atoms. The summed E-state index contributed by atoms with van der Waals surface area (Å²) in [6, 6.07) is 33.4. The highest BCUT2D eigenvalue weighted by Crippen LogP contribution is 2.27. The van der Waals surface area contributed by atoms with Crippen LogP contribution in [0.15, 0.2) is 112 Å². The molecular weight excluding hydrogens is 709 g/mol. The summed E-state index contributed by atoms with van der Waals surface area (Å²) in [5, 5.41) is 8.14. The largest absolute Gasteiger partial charge is 0.497 e. The minimum atomic E-state index is -0.142. The van der Waals surface area contributed by atoms with Crippen LogP contribution in [-0.2, 0) is 13.1 Å². The van der Waals surface area contributed by atoms with Crippen LogP contribution in [0.1, 0.15) is 57.9 Å². The summed E-state index contributed by atoms with van der Waals surface area (Å²) in [6.07, 6.45) is 3.70. The van der Waals surface area contributed by atoms with E-state index in [0.29, 0.717) is 11.5 Å². The topological polar surface area (TPSA) is 119 Å². The number of furan rings is 2. The molecule has 2 aliphatic heterocycles. The van der Waals surface area contributed by atoms with Crippen molar-refractivity contribution in [2.75, 3.05) is 47.5 Å². The molecule has 0 spiro atoms. The molecule has 2 aliphatic rings. The second-order valence-electron chi connectivity index (χ2n) is 14.4. The second kappa shape index (κ2) is 18.2. The Morgan fingerprint density at radius 2 is 1.11 bits per heavy atom. The zero-order chi connectivity index (χ0) is 38.9. The molecule has 0 unspecified atom stereocenters. The number of nitrogens with zero attached hydrogens (tertiary/aromatic N) is 2. The first-order chi connectivity index (χ1) is 27.4. The smallest absolute Gasteiger partial charge is 0.287 e. The summed E-state index contributed by atoms with van der Waals surface area (Å²) in [7, 11) is 5.02. The van der Waals surface area contributed by atoms with E-state index in [1.807, 2.05) is 84.9 Å². The number of piperidine rings is 2. The third-order valence-corrected chi connectivity index (χ3v) is 10.6. The fourth-order valence-electron chi connectivity index (χ4n) is 7.42. The molecule has 4 heterocycles. The van der Waals surface area contributed by atoms with Crippen molar-refractivity contribution in [2.24, 2.45) is 0 Å². The molecule has 0 radical (unpaired) electrons. The number of likely N-dealkylation sites (tertiary alicyclic amines) is 2. The van der Waals surface area contributed by atoms with Crippen LogP contribution in [0.3, 0.4) is 0 Å². The minimum absolute atomic E-state index is 0.127. The number of rotatable bonds is 11. The highest BCUT2D eigenvalue weighted by atomic mass is 16.5. The Labute approximate surface area is 327 Å². The van der Waals surface area contributed by atoms with Crippen LogP contribution in [0.2, 0.25) is 0 Å². The SMILES string of the molecule is COc1ccc(CN2CCC(NC(=O)c3cc4ccccc4o3)CC2)c(OC)c1.COc1cccc(CN2CCC(NC(=O)c3cc4ccccc4o3)CC2)c1. The molecule has 0 saturated carbocycles. The predicted molar refractivity (Wildman–Crippen MR) is 216 cm³/mol. The lowest BCUT2D eigenvalue weighted by Gasteiger charge is -2.32. The van der Waals surface area contributed by atoms with Crippen LogP contribution < -0.4 is 24.8 Å². The zero-order valence-corrected chi connectivity index (χ0v) is 32.3. The van der Waals surface area contributed by atoms with Crippen molar-refractivity contribution < 1.29 is 32.6 Å². The third-order valence-electron chi connectivity index (χ3n) is 10.6. The minimum Gasteiger partial charge on any atom is -0.497 e. The molecule has 2 fully saturated rings. The van der Waals surface area contributed by atoms with Crippen molar-refractivity contribution >= 4 is 33.8 Å². The van der Waals surface area contributed by atoms with Crippen molar-refractivity contribution in [1.82, 2.24) is 20.4 Å². The van der Waals surface area contributed by atoms with E-state index < -0.39 is 0 Å². The highest BCUT2D eigenvalue weighted by Gasteiger charge is 2.25. The molecule has 2 aromatic heterocycles. The Balaban J connectivity index is 0.000000172. The van der Waals surface area contributed by atoms with Gasteiger partial charge in [-0.2, -0.15) is 0 Å². The Kier molecular flexibility index (Phi) is 12.5. The number of para-hydroxylation sites is 2. The number of fused-ring (bicyclic) bond motifs is 2. The number of benzene rings is 4. The molecule has 0 atom stereocenters. The van der Waals surface area contributed by atoms with Crippen molar-refractivity contribution in [3.63, 3.8) is 0 Å². The Morgan fingerprint density at radius 1 is 0.589 bits per heavy atom. The lowest BCUT2D eigenvalue weighted by molar-refractivity contribution is 0.0875. The first kappa shape index (κ1) is 38.5. The van der Waals surface area contributed by atoms with Gasteiger partial charge in [0.25, 0.3) is 11.8 Å². The fourth-order valence-corrected chi connectivity index (χ4v) is 7.42. The van der Waals surface area contributed by atoms with Gasteiger partial charge in [0.2, 0.25) is 0 Å². The van der Waals surface area contributed by atoms with Crippen molar-refractivity contribution in [3.8, 4) is 17.2 Å². The third kappa shape index (κ3) is 9.71. The van der Waals surface area contributed by atoms with E-state index in [1.54, 1.807) is 27.4 Å². The fraction of sp³-hybridized carbons (Fsp3) is 0.333. The van der Waals surface area contributed by atoms with Crippen LogP contribution >= 0.6 is 0 Å². The van der Waals surface area contributed by atoms with E-state index in [-0.39, 0.29) is 23.9 Å². The van der Waals surface area contributed by atoms with Gasteiger partial charge in [-0.15, -0.1) is 0 Å². The monoisotopic (exact) mass is 758 g/mol. The number of carbonyl (C=O) groups is 2. The molecule has 11 nitrogen and oxygen atoms in total. The number of methoxy groups -OCH3 is 3. The van der Waals surface area contributed by atoms with Crippen LogP contribution in [0.25, 0.3) is 21.9 Å². The summed E-state index contributed by atoms with van der Waals surface area (Å²) in [6.45, 7) is 5.48. The summed E-state index contributed by atoms with van der Waals surface area (Å²) in [5.41, 5.74) is 3.87. The molecule has 2 amide bonds. The van der Waals surface area contributed by atoms with Crippen LogP contribution in [0.4, 0.5) is 0 Å². The zero-order valence-electron chi connectivity index (χ0n) is 32.3. The van der Waals surface area contributed by atoms with E-state index in [9.17, 15) is 9.59 Å². The summed E-state index contributed by atoms with van der Waals surface area (Å²) in [5.74, 6) is 3.00.